The van der Waals surface area contributed by atoms with Gasteiger partial charge in [0.2, 0.25) is 5.91 Å². The van der Waals surface area contributed by atoms with Crippen molar-refractivity contribution in [1.82, 2.24) is 5.23 Å². The van der Waals surface area contributed by atoms with Crippen LogP contribution in [0.15, 0.2) is 0 Å². The standard InChI is InChI=1S/C10H20BNO3/c1-6-7-8(13)12-11-14-9(2,3)10(4,5)15-11/h6-7H2,1-5H3,(H,12,13). The number of rotatable bonds is 3. The van der Waals surface area contributed by atoms with E-state index < -0.39 is 18.5 Å². The number of amides is 1. The molecule has 5 heteroatoms. The van der Waals surface area contributed by atoms with Crippen LogP contribution in [0.2, 0.25) is 0 Å². The fourth-order valence-corrected chi connectivity index (χ4v) is 1.33. The first-order valence-electron chi connectivity index (χ1n) is 5.43. The molecule has 0 aromatic heterocycles. The molecule has 0 radical (unpaired) electrons. The zero-order valence-electron chi connectivity index (χ0n) is 10.2. The molecule has 86 valence electrons. The van der Waals surface area contributed by atoms with E-state index in [-0.39, 0.29) is 5.91 Å². The molecule has 1 rings (SSSR count). The van der Waals surface area contributed by atoms with Crippen LogP contribution in [0.25, 0.3) is 0 Å². The summed E-state index contributed by atoms with van der Waals surface area (Å²) in [6.07, 6.45) is 1.33. The molecule has 15 heavy (non-hydrogen) atoms. The number of carbonyl (C=O) groups is 1. The third-order valence-electron chi connectivity index (χ3n) is 3.01. The minimum atomic E-state index is -0.617. The van der Waals surface area contributed by atoms with Crippen molar-refractivity contribution in [2.24, 2.45) is 0 Å². The highest BCUT2D eigenvalue weighted by atomic mass is 16.7. The Morgan fingerprint density at radius 2 is 1.67 bits per heavy atom. The number of nitrogens with one attached hydrogen (secondary N) is 1. The molecule has 0 atom stereocenters. The summed E-state index contributed by atoms with van der Waals surface area (Å²) < 4.78 is 11.3. The monoisotopic (exact) mass is 213 g/mol. The van der Waals surface area contributed by atoms with Gasteiger partial charge in [0, 0.05) is 6.42 Å². The van der Waals surface area contributed by atoms with Gasteiger partial charge in [0.25, 0.3) is 0 Å². The van der Waals surface area contributed by atoms with E-state index in [2.05, 4.69) is 5.23 Å². The lowest BCUT2D eigenvalue weighted by Crippen LogP contribution is -2.41. The summed E-state index contributed by atoms with van der Waals surface area (Å²) in [6, 6.07) is 0. The Kier molecular flexibility index (Phi) is 3.46. The smallest absolute Gasteiger partial charge is 0.384 e. The Morgan fingerprint density at radius 3 is 2.07 bits per heavy atom. The van der Waals surface area contributed by atoms with Crippen molar-refractivity contribution in [1.29, 1.82) is 0 Å². The topological polar surface area (TPSA) is 47.6 Å². The normalized spacial score (nSPS) is 22.9. The van der Waals surface area contributed by atoms with Crippen molar-refractivity contribution in [3.63, 3.8) is 0 Å². The van der Waals surface area contributed by atoms with E-state index >= 15 is 0 Å². The van der Waals surface area contributed by atoms with Crippen LogP contribution < -0.4 is 5.23 Å². The SMILES string of the molecule is CCCC(=O)NB1OC(C)(C)C(C)(C)O1. The van der Waals surface area contributed by atoms with E-state index in [1.807, 2.05) is 34.6 Å². The molecular formula is C10H20BNO3. The lowest BCUT2D eigenvalue weighted by Gasteiger charge is -2.32. The van der Waals surface area contributed by atoms with Crippen LogP contribution in [0.4, 0.5) is 0 Å². The van der Waals surface area contributed by atoms with Crippen molar-refractivity contribution < 1.29 is 14.1 Å². The number of hydrogen-bond acceptors (Lipinski definition) is 3. The van der Waals surface area contributed by atoms with E-state index in [9.17, 15) is 4.79 Å². The summed E-state index contributed by atoms with van der Waals surface area (Å²) in [5, 5.41) is 2.71. The van der Waals surface area contributed by atoms with Crippen LogP contribution in [0.3, 0.4) is 0 Å². The Hall–Kier alpha value is -0.545. The maximum atomic E-state index is 11.3. The molecule has 1 fully saturated rings. The fourth-order valence-electron chi connectivity index (χ4n) is 1.33. The molecule has 0 unspecified atom stereocenters. The van der Waals surface area contributed by atoms with Gasteiger partial charge in [-0.25, -0.2) is 0 Å². The molecule has 1 aliphatic rings. The summed E-state index contributed by atoms with van der Waals surface area (Å²) in [4.78, 5) is 11.3. The molecule has 1 saturated heterocycles. The van der Waals surface area contributed by atoms with Gasteiger partial charge in [-0.3, -0.25) is 4.79 Å². The van der Waals surface area contributed by atoms with Gasteiger partial charge in [0.15, 0.2) is 0 Å². The van der Waals surface area contributed by atoms with Gasteiger partial charge in [-0.05, 0) is 34.1 Å². The van der Waals surface area contributed by atoms with Crippen LogP contribution in [-0.4, -0.2) is 24.4 Å². The Morgan fingerprint density at radius 1 is 1.20 bits per heavy atom. The first-order chi connectivity index (χ1) is 6.78. The number of carbonyl (C=O) groups excluding carboxylic acids is 1. The Labute approximate surface area is 91.9 Å². The minimum absolute atomic E-state index is 0.0315. The lowest BCUT2D eigenvalue weighted by atomic mass is 9.90. The second kappa shape index (κ2) is 4.14. The van der Waals surface area contributed by atoms with Gasteiger partial charge in [-0.15, -0.1) is 0 Å². The van der Waals surface area contributed by atoms with E-state index in [1.165, 1.54) is 0 Å². The van der Waals surface area contributed by atoms with Crippen molar-refractivity contribution >= 4 is 13.2 Å². The zero-order valence-corrected chi connectivity index (χ0v) is 10.2. The predicted molar refractivity (Wildman–Crippen MR) is 59.1 cm³/mol. The quantitative estimate of drug-likeness (QED) is 0.722. The van der Waals surface area contributed by atoms with Crippen LogP contribution in [-0.2, 0) is 14.1 Å². The molecule has 0 bridgehead atoms. The van der Waals surface area contributed by atoms with E-state index in [0.29, 0.717) is 6.42 Å². The molecule has 1 heterocycles. The second-order valence-corrected chi connectivity index (χ2v) is 4.91. The fraction of sp³-hybridized carbons (Fsp3) is 0.900. The first-order valence-corrected chi connectivity index (χ1v) is 5.43. The molecule has 0 saturated carbocycles. The highest BCUT2D eigenvalue weighted by Gasteiger charge is 2.52. The number of hydrogen-bond donors (Lipinski definition) is 1. The van der Waals surface area contributed by atoms with Gasteiger partial charge in [0.05, 0.1) is 11.2 Å². The molecule has 1 aliphatic heterocycles. The van der Waals surface area contributed by atoms with E-state index in [0.717, 1.165) is 6.42 Å². The maximum absolute atomic E-state index is 11.3. The molecule has 0 aromatic carbocycles. The molecule has 1 N–H and O–H groups in total. The third kappa shape index (κ3) is 2.72. The molecule has 0 aromatic rings. The average Bonchev–Trinajstić information content (AvgIpc) is 2.19. The lowest BCUT2D eigenvalue weighted by molar-refractivity contribution is -0.120. The highest BCUT2D eigenvalue weighted by Crippen LogP contribution is 2.35. The maximum Gasteiger partial charge on any atom is 0.593 e. The Balaban J connectivity index is 2.52. The molecule has 0 aliphatic carbocycles. The molecular weight excluding hydrogens is 193 g/mol. The zero-order chi connectivity index (χ0) is 11.7. The van der Waals surface area contributed by atoms with Gasteiger partial charge in [0.1, 0.15) is 0 Å². The first kappa shape index (κ1) is 12.5. The summed E-state index contributed by atoms with van der Waals surface area (Å²) in [5.41, 5.74) is -0.783. The summed E-state index contributed by atoms with van der Waals surface area (Å²) >= 11 is 0. The summed E-state index contributed by atoms with van der Waals surface area (Å²) in [7, 11) is -0.617. The van der Waals surface area contributed by atoms with Gasteiger partial charge >= 0.3 is 7.25 Å². The van der Waals surface area contributed by atoms with Crippen LogP contribution in [0.5, 0.6) is 0 Å². The minimum Gasteiger partial charge on any atom is -0.384 e. The van der Waals surface area contributed by atoms with Crippen LogP contribution >= 0.6 is 0 Å². The Bertz CT molecular complexity index is 237. The molecule has 0 spiro atoms. The van der Waals surface area contributed by atoms with Crippen LogP contribution in [0.1, 0.15) is 47.5 Å². The van der Waals surface area contributed by atoms with Gasteiger partial charge in [-0.1, -0.05) is 6.92 Å². The summed E-state index contributed by atoms with van der Waals surface area (Å²) in [6.45, 7) is 9.79. The van der Waals surface area contributed by atoms with Crippen LogP contribution in [0, 0.1) is 0 Å². The average molecular weight is 213 g/mol. The van der Waals surface area contributed by atoms with Crippen molar-refractivity contribution in [3.8, 4) is 0 Å². The third-order valence-corrected chi connectivity index (χ3v) is 3.01. The summed E-state index contributed by atoms with van der Waals surface area (Å²) in [5.74, 6) is -0.0315. The predicted octanol–water partition coefficient (Wildman–Crippen LogP) is 1.49. The van der Waals surface area contributed by atoms with Crippen molar-refractivity contribution in [2.45, 2.75) is 58.7 Å². The molecule has 4 nitrogen and oxygen atoms in total. The largest absolute Gasteiger partial charge is 0.593 e. The van der Waals surface area contributed by atoms with E-state index in [1.54, 1.807) is 0 Å². The second-order valence-electron chi connectivity index (χ2n) is 4.91. The van der Waals surface area contributed by atoms with Gasteiger partial charge < -0.3 is 14.5 Å². The molecule has 1 amide bonds. The highest BCUT2D eigenvalue weighted by molar-refractivity contribution is 6.46. The van der Waals surface area contributed by atoms with E-state index in [4.69, 9.17) is 9.31 Å². The van der Waals surface area contributed by atoms with Crippen molar-refractivity contribution in [2.75, 3.05) is 0 Å². The van der Waals surface area contributed by atoms with Gasteiger partial charge in [-0.2, -0.15) is 0 Å². The van der Waals surface area contributed by atoms with Crippen molar-refractivity contribution in [3.05, 3.63) is 0 Å².